The van der Waals surface area contributed by atoms with Gasteiger partial charge in [-0.25, -0.2) is 0 Å². The van der Waals surface area contributed by atoms with Crippen LogP contribution in [0.25, 0.3) is 0 Å². The fraction of sp³-hybridized carbons (Fsp3) is 0.625. The van der Waals surface area contributed by atoms with Gasteiger partial charge in [0.05, 0.1) is 11.2 Å². The van der Waals surface area contributed by atoms with Gasteiger partial charge in [0.15, 0.2) is 0 Å². The number of hydrogen-bond donors (Lipinski definition) is 1. The van der Waals surface area contributed by atoms with Crippen LogP contribution in [0, 0.1) is 0 Å². The lowest BCUT2D eigenvalue weighted by atomic mass is 9.79. The Balaban J connectivity index is 0.00000161. The summed E-state index contributed by atoms with van der Waals surface area (Å²) in [5.41, 5.74) is 1.72. The maximum absolute atomic E-state index is 6.06. The second-order valence-electron chi connectivity index (χ2n) is 6.98. The number of hydrogen-bond acceptors (Lipinski definition) is 3. The summed E-state index contributed by atoms with van der Waals surface area (Å²) < 4.78 is 12.1. The highest BCUT2D eigenvalue weighted by molar-refractivity contribution is 6.62. The van der Waals surface area contributed by atoms with Gasteiger partial charge in [0.1, 0.15) is 0 Å². The van der Waals surface area contributed by atoms with Gasteiger partial charge in [-0.05, 0) is 64.6 Å². The third kappa shape index (κ3) is 3.23. The number of nitrogens with one attached hydrogen (secondary N) is 1. The van der Waals surface area contributed by atoms with E-state index in [0.717, 1.165) is 5.46 Å². The molecule has 1 heterocycles. The van der Waals surface area contributed by atoms with E-state index in [-0.39, 0.29) is 30.7 Å². The fourth-order valence-corrected chi connectivity index (χ4v) is 2.50. The van der Waals surface area contributed by atoms with Crippen molar-refractivity contribution in [2.24, 2.45) is 0 Å². The van der Waals surface area contributed by atoms with Crippen LogP contribution in [0.5, 0.6) is 0 Å². The average Bonchev–Trinajstić information content (AvgIpc) is 2.54. The van der Waals surface area contributed by atoms with Crippen molar-refractivity contribution in [2.75, 3.05) is 5.32 Å². The van der Waals surface area contributed by atoms with Gasteiger partial charge in [-0.3, -0.25) is 0 Å². The van der Waals surface area contributed by atoms with Crippen molar-refractivity contribution in [3.63, 3.8) is 0 Å². The van der Waals surface area contributed by atoms with Gasteiger partial charge >= 0.3 is 7.12 Å². The van der Waals surface area contributed by atoms with Crippen molar-refractivity contribution in [3.8, 4) is 0 Å². The lowest BCUT2D eigenvalue weighted by Crippen LogP contribution is -2.41. The normalized spacial score (nSPS) is 23.3. The Hall–Kier alpha value is -0.705. The van der Waals surface area contributed by atoms with E-state index in [4.69, 9.17) is 9.31 Å². The van der Waals surface area contributed by atoms with Gasteiger partial charge in [0, 0.05) is 11.7 Å². The third-order valence-corrected chi connectivity index (χ3v) is 4.91. The molecule has 0 spiro atoms. The zero-order chi connectivity index (χ0) is 14.4. The van der Waals surface area contributed by atoms with Crippen LogP contribution in [0.2, 0.25) is 0 Å². The molecule has 0 unspecified atom stereocenters. The molecule has 0 atom stereocenters. The van der Waals surface area contributed by atoms with Crippen LogP contribution in [-0.4, -0.2) is 24.4 Å². The number of benzene rings is 1. The molecule has 21 heavy (non-hydrogen) atoms. The number of rotatable bonds is 3. The second kappa shape index (κ2) is 5.83. The second-order valence-corrected chi connectivity index (χ2v) is 6.98. The first-order valence-corrected chi connectivity index (χ1v) is 7.59. The summed E-state index contributed by atoms with van der Waals surface area (Å²) in [7, 11) is -0.266. The van der Waals surface area contributed by atoms with Crippen molar-refractivity contribution in [1.29, 1.82) is 0 Å². The monoisotopic (exact) mass is 309 g/mol. The highest BCUT2D eigenvalue weighted by Gasteiger charge is 2.51. The van der Waals surface area contributed by atoms with E-state index in [9.17, 15) is 0 Å². The molecule has 1 N–H and O–H groups in total. The largest absolute Gasteiger partial charge is 0.494 e. The van der Waals surface area contributed by atoms with Crippen molar-refractivity contribution >= 4 is 30.7 Å². The lowest BCUT2D eigenvalue weighted by Gasteiger charge is -2.32. The Labute approximate surface area is 134 Å². The zero-order valence-corrected chi connectivity index (χ0v) is 14.1. The minimum atomic E-state index is -0.277. The summed E-state index contributed by atoms with van der Waals surface area (Å²) in [6, 6.07) is 9.11. The van der Waals surface area contributed by atoms with E-state index in [1.165, 1.54) is 24.9 Å². The summed E-state index contributed by atoms with van der Waals surface area (Å²) in [5.74, 6) is 0. The van der Waals surface area contributed by atoms with E-state index in [0.29, 0.717) is 6.04 Å². The van der Waals surface area contributed by atoms with Gasteiger partial charge in [0.25, 0.3) is 0 Å². The standard InChI is InChI=1S/C16H24BNO2.ClH/c1-15(2)16(3,4)20-17(19-15)12-8-10-14(11-9-12)18-13-6-5-7-13;/h8-11,13,18H,5-7H2,1-4H3;1H. The molecular weight excluding hydrogens is 284 g/mol. The van der Waals surface area contributed by atoms with E-state index in [1.54, 1.807) is 0 Å². The van der Waals surface area contributed by atoms with Crippen LogP contribution in [0.4, 0.5) is 5.69 Å². The van der Waals surface area contributed by atoms with Gasteiger partial charge < -0.3 is 14.6 Å². The molecule has 2 aliphatic rings. The maximum Gasteiger partial charge on any atom is 0.494 e. The molecular formula is C16H25BClNO2. The summed E-state index contributed by atoms with van der Waals surface area (Å²) in [6.45, 7) is 8.33. The first-order valence-electron chi connectivity index (χ1n) is 7.59. The van der Waals surface area contributed by atoms with Crippen molar-refractivity contribution in [1.82, 2.24) is 0 Å². The average molecular weight is 310 g/mol. The van der Waals surface area contributed by atoms with Crippen LogP contribution >= 0.6 is 12.4 Å². The Morgan fingerprint density at radius 2 is 1.52 bits per heavy atom. The summed E-state index contributed by atoms with van der Waals surface area (Å²) >= 11 is 0. The predicted molar refractivity (Wildman–Crippen MR) is 90.7 cm³/mol. The minimum Gasteiger partial charge on any atom is -0.399 e. The quantitative estimate of drug-likeness (QED) is 0.868. The first-order chi connectivity index (χ1) is 9.37. The van der Waals surface area contributed by atoms with Crippen LogP contribution in [0.1, 0.15) is 47.0 Å². The first kappa shape index (κ1) is 16.7. The van der Waals surface area contributed by atoms with Gasteiger partial charge in [0.2, 0.25) is 0 Å². The molecule has 1 aliphatic carbocycles. The molecule has 0 aromatic heterocycles. The van der Waals surface area contributed by atoms with Crippen LogP contribution < -0.4 is 10.8 Å². The third-order valence-electron chi connectivity index (χ3n) is 4.91. The van der Waals surface area contributed by atoms with Crippen LogP contribution in [0.3, 0.4) is 0 Å². The van der Waals surface area contributed by atoms with Gasteiger partial charge in [-0.1, -0.05) is 12.1 Å². The fourth-order valence-electron chi connectivity index (χ4n) is 2.50. The lowest BCUT2D eigenvalue weighted by molar-refractivity contribution is 0.00578. The molecule has 1 aliphatic heterocycles. The van der Waals surface area contributed by atoms with Crippen molar-refractivity contribution < 1.29 is 9.31 Å². The van der Waals surface area contributed by atoms with Gasteiger partial charge in [-0.15, -0.1) is 12.4 Å². The van der Waals surface area contributed by atoms with E-state index in [2.05, 4.69) is 57.3 Å². The predicted octanol–water partition coefficient (Wildman–Crippen LogP) is 3.37. The summed E-state index contributed by atoms with van der Waals surface area (Å²) in [4.78, 5) is 0. The molecule has 1 saturated heterocycles. The molecule has 0 amide bonds. The highest BCUT2D eigenvalue weighted by Crippen LogP contribution is 2.36. The Bertz CT molecular complexity index is 470. The summed E-state index contributed by atoms with van der Waals surface area (Å²) in [5, 5.41) is 3.55. The van der Waals surface area contributed by atoms with Crippen LogP contribution in [-0.2, 0) is 9.31 Å². The molecule has 3 nitrogen and oxygen atoms in total. The smallest absolute Gasteiger partial charge is 0.399 e. The molecule has 2 fully saturated rings. The molecule has 1 aromatic carbocycles. The zero-order valence-electron chi connectivity index (χ0n) is 13.3. The highest BCUT2D eigenvalue weighted by atomic mass is 35.5. The summed E-state index contributed by atoms with van der Waals surface area (Å²) in [6.07, 6.45) is 3.93. The Morgan fingerprint density at radius 3 is 1.95 bits per heavy atom. The van der Waals surface area contributed by atoms with E-state index >= 15 is 0 Å². The number of anilines is 1. The van der Waals surface area contributed by atoms with E-state index < -0.39 is 0 Å². The van der Waals surface area contributed by atoms with Crippen LogP contribution in [0.15, 0.2) is 24.3 Å². The minimum absolute atomic E-state index is 0. The SMILES string of the molecule is CC1(C)OB(c2ccc(NC3CCC3)cc2)OC1(C)C.Cl. The van der Waals surface area contributed by atoms with E-state index in [1.807, 2.05) is 0 Å². The molecule has 0 radical (unpaired) electrons. The van der Waals surface area contributed by atoms with Gasteiger partial charge in [-0.2, -0.15) is 0 Å². The molecule has 116 valence electrons. The molecule has 5 heteroatoms. The molecule has 0 bridgehead atoms. The topological polar surface area (TPSA) is 30.5 Å². The maximum atomic E-state index is 6.06. The molecule has 1 aromatic rings. The van der Waals surface area contributed by atoms with Crippen molar-refractivity contribution in [3.05, 3.63) is 24.3 Å². The van der Waals surface area contributed by atoms with Crippen molar-refractivity contribution in [2.45, 2.75) is 64.2 Å². The molecule has 3 rings (SSSR count). The number of halogens is 1. The molecule has 1 saturated carbocycles. The Kier molecular flexibility index (Phi) is 4.62. The Morgan fingerprint density at radius 1 is 1.00 bits per heavy atom.